The van der Waals surface area contributed by atoms with Gasteiger partial charge in [-0.25, -0.2) is 0 Å². The first kappa shape index (κ1) is 52.6. The molecule has 55 heavy (non-hydrogen) atoms. The zero-order valence-corrected chi connectivity index (χ0v) is 36.2. The molecule has 0 heterocycles. The van der Waals surface area contributed by atoms with Gasteiger partial charge in [0, 0.05) is 12.8 Å². The Morgan fingerprint density at radius 3 is 1.16 bits per heavy atom. The molecule has 0 bridgehead atoms. The van der Waals surface area contributed by atoms with Crippen LogP contribution < -0.4 is 0 Å². The van der Waals surface area contributed by atoms with Crippen molar-refractivity contribution in [3.63, 3.8) is 0 Å². The second-order valence-corrected chi connectivity index (χ2v) is 15.5. The number of esters is 2. The Morgan fingerprint density at radius 2 is 0.782 bits per heavy atom. The van der Waals surface area contributed by atoms with Gasteiger partial charge in [-0.15, -0.1) is 0 Å². The third kappa shape index (κ3) is 44.2. The van der Waals surface area contributed by atoms with Gasteiger partial charge >= 0.3 is 11.9 Å². The maximum absolute atomic E-state index is 12.2. The number of hydrogen-bond acceptors (Lipinski definition) is 5. The first-order valence-electron chi connectivity index (χ1n) is 23.3. The number of aliphatic hydroxyl groups excluding tert-OH is 1. The Hall–Kier alpha value is -2.40. The molecule has 5 heteroatoms. The molecule has 1 atom stereocenters. The summed E-state index contributed by atoms with van der Waals surface area (Å²) in [6.07, 6.45) is 60.3. The summed E-state index contributed by atoms with van der Waals surface area (Å²) >= 11 is 0. The molecule has 318 valence electrons. The molecular formula is C50H88O5. The van der Waals surface area contributed by atoms with E-state index in [1.165, 1.54) is 135 Å². The minimum absolute atomic E-state index is 0.0881. The molecule has 1 N–H and O–H groups in total. The van der Waals surface area contributed by atoms with Crippen LogP contribution in [0, 0.1) is 0 Å². The molecule has 0 spiro atoms. The molecule has 5 nitrogen and oxygen atoms in total. The summed E-state index contributed by atoms with van der Waals surface area (Å²) in [6.45, 7) is 4.00. The fourth-order valence-electron chi connectivity index (χ4n) is 6.59. The van der Waals surface area contributed by atoms with Gasteiger partial charge in [0.2, 0.25) is 0 Å². The molecule has 0 aliphatic heterocycles. The highest BCUT2D eigenvalue weighted by Gasteiger charge is 2.16. The summed E-state index contributed by atoms with van der Waals surface area (Å²) in [7, 11) is 0. The topological polar surface area (TPSA) is 72.8 Å². The average molecular weight is 769 g/mol. The summed E-state index contributed by atoms with van der Waals surface area (Å²) in [5, 5.41) is 9.58. The van der Waals surface area contributed by atoms with Crippen LogP contribution in [0.2, 0.25) is 0 Å². The Morgan fingerprint density at radius 1 is 0.436 bits per heavy atom. The number of ether oxygens (including phenoxy) is 2. The van der Waals surface area contributed by atoms with Gasteiger partial charge in [-0.3, -0.25) is 9.59 Å². The molecule has 0 aromatic rings. The molecule has 0 saturated heterocycles. The lowest BCUT2D eigenvalue weighted by atomic mass is 10.0. The quantitative estimate of drug-likeness (QED) is 0.0380. The van der Waals surface area contributed by atoms with Gasteiger partial charge < -0.3 is 14.6 Å². The van der Waals surface area contributed by atoms with Gasteiger partial charge in [-0.2, -0.15) is 0 Å². The van der Waals surface area contributed by atoms with Crippen LogP contribution in [0.1, 0.15) is 226 Å². The van der Waals surface area contributed by atoms with Crippen molar-refractivity contribution in [1.29, 1.82) is 0 Å². The lowest BCUT2D eigenvalue weighted by Gasteiger charge is -2.15. The number of allylic oxidation sites excluding steroid dienone is 10. The standard InChI is InChI=1S/C50H88O5/c1-3-5-7-9-11-13-15-17-19-21-22-23-24-25-26-27-29-30-32-34-36-38-40-42-44-49(52)54-47-48(46-51)55-50(53)45-43-41-39-37-35-33-31-28-20-18-16-14-12-10-8-6-4-2/h6,8,12,14,18,20,31,33,37,39,48,51H,3-5,7,9-11,13,15-17,19,21-30,32,34-36,38,40-47H2,1-2H3/b8-6-,14-12-,20-18-,33-31-,39-37-. The highest BCUT2D eigenvalue weighted by molar-refractivity contribution is 5.70. The molecule has 0 radical (unpaired) electrons. The van der Waals surface area contributed by atoms with Gasteiger partial charge in [-0.05, 0) is 51.4 Å². The van der Waals surface area contributed by atoms with E-state index in [0.29, 0.717) is 12.8 Å². The van der Waals surface area contributed by atoms with Crippen molar-refractivity contribution in [2.24, 2.45) is 0 Å². The smallest absolute Gasteiger partial charge is 0.306 e. The minimum atomic E-state index is -0.802. The van der Waals surface area contributed by atoms with Crippen molar-refractivity contribution < 1.29 is 24.2 Å². The van der Waals surface area contributed by atoms with Crippen LogP contribution in [0.15, 0.2) is 60.8 Å². The lowest BCUT2D eigenvalue weighted by Crippen LogP contribution is -2.28. The van der Waals surface area contributed by atoms with Crippen LogP contribution >= 0.6 is 0 Å². The fraction of sp³-hybridized carbons (Fsp3) is 0.760. The second-order valence-electron chi connectivity index (χ2n) is 15.5. The Kier molecular flexibility index (Phi) is 44.0. The molecular weight excluding hydrogens is 681 g/mol. The van der Waals surface area contributed by atoms with Gasteiger partial charge in [0.25, 0.3) is 0 Å². The third-order valence-electron chi connectivity index (χ3n) is 10.1. The van der Waals surface area contributed by atoms with Gasteiger partial charge in [0.05, 0.1) is 6.61 Å². The molecule has 0 saturated carbocycles. The fourth-order valence-corrected chi connectivity index (χ4v) is 6.59. The van der Waals surface area contributed by atoms with E-state index in [0.717, 1.165) is 57.8 Å². The van der Waals surface area contributed by atoms with Crippen molar-refractivity contribution >= 4 is 11.9 Å². The zero-order chi connectivity index (χ0) is 40.0. The van der Waals surface area contributed by atoms with E-state index < -0.39 is 6.10 Å². The third-order valence-corrected chi connectivity index (χ3v) is 10.1. The number of hydrogen-bond donors (Lipinski definition) is 1. The number of rotatable bonds is 42. The summed E-state index contributed by atoms with van der Waals surface area (Å²) < 4.78 is 10.6. The average Bonchev–Trinajstić information content (AvgIpc) is 3.19. The maximum atomic E-state index is 12.2. The van der Waals surface area contributed by atoms with Crippen molar-refractivity contribution in [1.82, 2.24) is 0 Å². The predicted octanol–water partition coefficient (Wildman–Crippen LogP) is 15.1. The molecule has 0 amide bonds. The van der Waals surface area contributed by atoms with Crippen LogP contribution in [-0.2, 0) is 19.1 Å². The first-order chi connectivity index (χ1) is 27.1. The highest BCUT2D eigenvalue weighted by Crippen LogP contribution is 2.16. The van der Waals surface area contributed by atoms with E-state index >= 15 is 0 Å². The van der Waals surface area contributed by atoms with Crippen LogP contribution in [0.4, 0.5) is 0 Å². The summed E-state index contributed by atoms with van der Waals surface area (Å²) in [4.78, 5) is 24.3. The molecule has 0 aliphatic carbocycles. The predicted molar refractivity (Wildman–Crippen MR) is 237 cm³/mol. The van der Waals surface area contributed by atoms with Crippen molar-refractivity contribution in [3.8, 4) is 0 Å². The van der Waals surface area contributed by atoms with Crippen molar-refractivity contribution in [3.05, 3.63) is 60.8 Å². The van der Waals surface area contributed by atoms with E-state index in [4.69, 9.17) is 9.47 Å². The van der Waals surface area contributed by atoms with Gasteiger partial charge in [0.1, 0.15) is 6.61 Å². The van der Waals surface area contributed by atoms with E-state index in [1.54, 1.807) is 0 Å². The van der Waals surface area contributed by atoms with E-state index in [9.17, 15) is 14.7 Å². The summed E-state index contributed by atoms with van der Waals surface area (Å²) in [5.41, 5.74) is 0. The van der Waals surface area contributed by atoms with E-state index in [2.05, 4.69) is 74.6 Å². The van der Waals surface area contributed by atoms with E-state index in [-0.39, 0.29) is 31.6 Å². The monoisotopic (exact) mass is 769 g/mol. The van der Waals surface area contributed by atoms with Crippen molar-refractivity contribution in [2.45, 2.75) is 232 Å². The Labute approximate surface area is 341 Å². The molecule has 0 aromatic carbocycles. The van der Waals surface area contributed by atoms with Crippen LogP contribution in [0.5, 0.6) is 0 Å². The van der Waals surface area contributed by atoms with E-state index in [1.807, 2.05) is 0 Å². The summed E-state index contributed by atoms with van der Waals surface area (Å²) in [5.74, 6) is -0.654. The van der Waals surface area contributed by atoms with Crippen LogP contribution in [0.25, 0.3) is 0 Å². The second kappa shape index (κ2) is 46.0. The van der Waals surface area contributed by atoms with Crippen LogP contribution in [-0.4, -0.2) is 36.4 Å². The number of carbonyl (C=O) groups excluding carboxylic acids is 2. The molecule has 0 aliphatic rings. The number of aliphatic hydroxyl groups is 1. The molecule has 1 unspecified atom stereocenters. The van der Waals surface area contributed by atoms with Crippen LogP contribution in [0.3, 0.4) is 0 Å². The molecule has 0 rings (SSSR count). The van der Waals surface area contributed by atoms with Gasteiger partial charge in [0.15, 0.2) is 6.10 Å². The largest absolute Gasteiger partial charge is 0.462 e. The zero-order valence-electron chi connectivity index (χ0n) is 36.2. The first-order valence-corrected chi connectivity index (χ1v) is 23.3. The van der Waals surface area contributed by atoms with Crippen molar-refractivity contribution in [2.75, 3.05) is 13.2 Å². The maximum Gasteiger partial charge on any atom is 0.306 e. The molecule has 0 aromatic heterocycles. The summed E-state index contributed by atoms with van der Waals surface area (Å²) in [6, 6.07) is 0. The minimum Gasteiger partial charge on any atom is -0.462 e. The Bertz CT molecular complexity index is 961. The number of carbonyl (C=O) groups is 2. The highest BCUT2D eigenvalue weighted by atomic mass is 16.6. The van der Waals surface area contributed by atoms with Gasteiger partial charge in [-0.1, -0.05) is 222 Å². The Balaban J connectivity index is 3.54. The SMILES string of the molecule is CC/C=C\C/C=C\C/C=C\C/C=C\C/C=C\CCCC(=O)OC(CO)COC(=O)CCCCCCCCCCCCCCCCCCCCCCCCCC. The lowest BCUT2D eigenvalue weighted by molar-refractivity contribution is -0.161. The molecule has 0 fully saturated rings. The normalized spacial score (nSPS) is 12.7. The number of unbranched alkanes of at least 4 members (excludes halogenated alkanes) is 24.